The second kappa shape index (κ2) is 7.90. The van der Waals surface area contributed by atoms with E-state index in [1.54, 1.807) is 7.11 Å². The summed E-state index contributed by atoms with van der Waals surface area (Å²) in [5.74, 6) is 2.29. The van der Waals surface area contributed by atoms with Crippen LogP contribution >= 0.6 is 23.5 Å². The fraction of sp³-hybridized carbons (Fsp3) is 0.278. The molecule has 0 spiro atoms. The fourth-order valence-electron chi connectivity index (χ4n) is 2.49. The predicted octanol–water partition coefficient (Wildman–Crippen LogP) is 4.56. The number of hydrogen-bond acceptors (Lipinski definition) is 4. The third-order valence-electron chi connectivity index (χ3n) is 3.54. The number of carbonyl (C=O) groups excluding carboxylic acids is 1. The van der Waals surface area contributed by atoms with Crippen molar-refractivity contribution >= 4 is 35.1 Å². The fourth-order valence-corrected chi connectivity index (χ4v) is 5.32. The van der Waals surface area contributed by atoms with E-state index in [2.05, 4.69) is 17.4 Å². The number of anilines is 1. The van der Waals surface area contributed by atoms with Gasteiger partial charge in [-0.1, -0.05) is 24.3 Å². The third-order valence-corrected chi connectivity index (χ3v) is 6.64. The maximum absolute atomic E-state index is 12.4. The van der Waals surface area contributed by atoms with Gasteiger partial charge in [0.2, 0.25) is 0 Å². The summed E-state index contributed by atoms with van der Waals surface area (Å²) in [4.78, 5) is 12.4. The Bertz CT molecular complexity index is 684. The molecule has 23 heavy (non-hydrogen) atoms. The molecule has 120 valence electrons. The maximum Gasteiger partial charge on any atom is 0.255 e. The third kappa shape index (κ3) is 4.31. The maximum atomic E-state index is 12.4. The summed E-state index contributed by atoms with van der Waals surface area (Å²) in [6, 6.07) is 15.7. The molecule has 3 rings (SSSR count). The van der Waals surface area contributed by atoms with Crippen molar-refractivity contribution in [3.05, 3.63) is 65.2 Å². The molecule has 0 bridgehead atoms. The zero-order valence-corrected chi connectivity index (χ0v) is 14.6. The highest BCUT2D eigenvalue weighted by atomic mass is 32.2. The molecule has 1 aliphatic rings. The number of methoxy groups -OCH3 is 1. The molecule has 1 amide bonds. The van der Waals surface area contributed by atoms with E-state index in [0.29, 0.717) is 16.8 Å². The molecule has 0 aliphatic carbocycles. The van der Waals surface area contributed by atoms with E-state index in [0.717, 1.165) is 11.3 Å². The van der Waals surface area contributed by atoms with Gasteiger partial charge in [-0.15, -0.1) is 23.5 Å². The first-order chi connectivity index (χ1) is 11.3. The predicted molar refractivity (Wildman–Crippen MR) is 99.2 cm³/mol. The van der Waals surface area contributed by atoms with Crippen molar-refractivity contribution in [1.29, 1.82) is 0 Å². The van der Waals surface area contributed by atoms with Crippen LogP contribution in [0.1, 0.15) is 26.1 Å². The molecular formula is C18H19NO2S2. The number of nitrogens with one attached hydrogen (secondary N) is 1. The molecule has 1 saturated heterocycles. The molecule has 2 aromatic carbocycles. The molecule has 0 unspecified atom stereocenters. The molecule has 0 saturated carbocycles. The minimum absolute atomic E-state index is 0.0909. The normalized spacial score (nSPS) is 14.8. The summed E-state index contributed by atoms with van der Waals surface area (Å²) in [7, 11) is 1.65. The van der Waals surface area contributed by atoms with Gasteiger partial charge in [0.05, 0.1) is 11.2 Å². The van der Waals surface area contributed by atoms with Crippen LogP contribution in [-0.4, -0.2) is 24.5 Å². The lowest BCUT2D eigenvalue weighted by atomic mass is 10.1. The van der Waals surface area contributed by atoms with Gasteiger partial charge in [-0.2, -0.15) is 0 Å². The van der Waals surface area contributed by atoms with Crippen molar-refractivity contribution in [2.45, 2.75) is 11.2 Å². The molecule has 0 radical (unpaired) electrons. The summed E-state index contributed by atoms with van der Waals surface area (Å²) in [6.07, 6.45) is 0. The number of carbonyl (C=O) groups is 1. The topological polar surface area (TPSA) is 38.3 Å². The van der Waals surface area contributed by atoms with E-state index in [4.69, 9.17) is 4.74 Å². The Balaban J connectivity index is 1.72. The summed E-state index contributed by atoms with van der Waals surface area (Å²) >= 11 is 3.93. The number of benzene rings is 2. The van der Waals surface area contributed by atoms with Gasteiger partial charge in [-0.05, 0) is 35.4 Å². The number of ether oxygens (including phenoxy) is 1. The molecule has 0 aromatic heterocycles. The summed E-state index contributed by atoms with van der Waals surface area (Å²) < 4.78 is 5.60. The van der Waals surface area contributed by atoms with Crippen molar-refractivity contribution in [1.82, 2.24) is 0 Å². The van der Waals surface area contributed by atoms with Gasteiger partial charge >= 0.3 is 0 Å². The van der Waals surface area contributed by atoms with E-state index in [-0.39, 0.29) is 5.91 Å². The van der Waals surface area contributed by atoms with Gasteiger partial charge in [0.25, 0.3) is 5.91 Å². The monoisotopic (exact) mass is 345 g/mol. The van der Waals surface area contributed by atoms with E-state index < -0.39 is 0 Å². The number of hydrogen-bond donors (Lipinski definition) is 1. The van der Waals surface area contributed by atoms with Crippen LogP contribution in [0.5, 0.6) is 0 Å². The largest absolute Gasteiger partial charge is 0.380 e. The van der Waals surface area contributed by atoms with Crippen LogP contribution in [0.4, 0.5) is 5.69 Å². The minimum atomic E-state index is -0.0909. The molecule has 5 heteroatoms. The summed E-state index contributed by atoms with van der Waals surface area (Å²) in [6.45, 7) is 0.507. The highest BCUT2D eigenvalue weighted by molar-refractivity contribution is 8.19. The minimum Gasteiger partial charge on any atom is -0.380 e. The Kier molecular flexibility index (Phi) is 5.65. The number of rotatable bonds is 5. The van der Waals surface area contributed by atoms with Gasteiger partial charge in [0.1, 0.15) is 0 Å². The smallest absolute Gasteiger partial charge is 0.255 e. The SMILES string of the molecule is COCc1cccc(C(=O)Nc2cccc(C3SCCS3)c2)c1. The van der Waals surface area contributed by atoms with Gasteiger partial charge in [0, 0.05) is 29.9 Å². The van der Waals surface area contributed by atoms with Crippen LogP contribution in [0.15, 0.2) is 48.5 Å². The lowest BCUT2D eigenvalue weighted by molar-refractivity contribution is 0.102. The van der Waals surface area contributed by atoms with Crippen molar-refractivity contribution in [2.24, 2.45) is 0 Å². The lowest BCUT2D eigenvalue weighted by Crippen LogP contribution is -2.12. The average molecular weight is 345 g/mol. The first-order valence-electron chi connectivity index (χ1n) is 7.48. The van der Waals surface area contributed by atoms with Gasteiger partial charge in [-0.25, -0.2) is 0 Å². The van der Waals surface area contributed by atoms with E-state index in [9.17, 15) is 4.79 Å². The van der Waals surface area contributed by atoms with Crippen molar-refractivity contribution in [2.75, 3.05) is 23.9 Å². The molecular weight excluding hydrogens is 326 g/mol. The molecule has 1 fully saturated rings. The Morgan fingerprint density at radius 3 is 2.74 bits per heavy atom. The lowest BCUT2D eigenvalue weighted by Gasteiger charge is -2.11. The van der Waals surface area contributed by atoms with Crippen molar-refractivity contribution < 1.29 is 9.53 Å². The second-order valence-corrected chi connectivity index (χ2v) is 8.01. The van der Waals surface area contributed by atoms with Crippen LogP contribution in [0.2, 0.25) is 0 Å². The zero-order valence-electron chi connectivity index (χ0n) is 13.0. The van der Waals surface area contributed by atoms with Crippen LogP contribution < -0.4 is 5.32 Å². The zero-order chi connectivity index (χ0) is 16.1. The number of amides is 1. The van der Waals surface area contributed by atoms with Gasteiger partial charge < -0.3 is 10.1 Å². The summed E-state index contributed by atoms with van der Waals surface area (Å²) in [5.41, 5.74) is 3.75. The Morgan fingerprint density at radius 2 is 1.96 bits per heavy atom. The highest BCUT2D eigenvalue weighted by Crippen LogP contribution is 2.45. The molecule has 1 aliphatic heterocycles. The van der Waals surface area contributed by atoms with Crippen molar-refractivity contribution in [3.63, 3.8) is 0 Å². The number of thioether (sulfide) groups is 2. The van der Waals surface area contributed by atoms with Gasteiger partial charge in [0.15, 0.2) is 0 Å². The molecule has 1 heterocycles. The molecule has 1 N–H and O–H groups in total. The Hall–Kier alpha value is -1.43. The highest BCUT2D eigenvalue weighted by Gasteiger charge is 2.18. The molecule has 2 aromatic rings. The standard InChI is InChI=1S/C18H19NO2S2/c1-21-12-13-4-2-5-14(10-13)17(20)19-16-7-3-6-15(11-16)18-22-8-9-23-18/h2-7,10-11,18H,8-9,12H2,1H3,(H,19,20). The van der Waals surface area contributed by atoms with E-state index >= 15 is 0 Å². The second-order valence-electron chi connectivity index (χ2n) is 5.29. The molecule has 0 atom stereocenters. The van der Waals surface area contributed by atoms with Crippen LogP contribution in [0.25, 0.3) is 0 Å². The van der Waals surface area contributed by atoms with Crippen molar-refractivity contribution in [3.8, 4) is 0 Å². The summed E-state index contributed by atoms with van der Waals surface area (Å²) in [5, 5.41) is 2.99. The first kappa shape index (κ1) is 16.4. The van der Waals surface area contributed by atoms with Gasteiger partial charge in [-0.3, -0.25) is 4.79 Å². The quantitative estimate of drug-likeness (QED) is 0.862. The molecule has 3 nitrogen and oxygen atoms in total. The van der Waals surface area contributed by atoms with E-state index in [1.807, 2.05) is 59.9 Å². The van der Waals surface area contributed by atoms with Crippen LogP contribution in [0.3, 0.4) is 0 Å². The Morgan fingerprint density at radius 1 is 1.17 bits per heavy atom. The Labute approximate surface area is 145 Å². The van der Waals surface area contributed by atoms with E-state index in [1.165, 1.54) is 17.1 Å². The van der Waals surface area contributed by atoms with Crippen LogP contribution in [0, 0.1) is 0 Å². The first-order valence-corrected chi connectivity index (χ1v) is 9.58. The average Bonchev–Trinajstić information content (AvgIpc) is 3.10. The van der Waals surface area contributed by atoms with Crippen LogP contribution in [-0.2, 0) is 11.3 Å².